The second-order valence-corrected chi connectivity index (χ2v) is 5.64. The predicted octanol–water partition coefficient (Wildman–Crippen LogP) is 0.278. The van der Waals surface area contributed by atoms with E-state index in [9.17, 15) is 19.5 Å². The number of carbonyl (C=O) groups excluding carboxylic acids is 2. The highest BCUT2D eigenvalue weighted by Gasteiger charge is 2.39. The number of piperazine rings is 1. The number of urea groups is 1. The first-order valence-corrected chi connectivity index (χ1v) is 6.37. The number of nitrogens with one attached hydrogen (secondary N) is 1. The minimum absolute atomic E-state index is 0.0774. The lowest BCUT2D eigenvalue weighted by Gasteiger charge is -2.41. The molecule has 0 radical (unpaired) electrons. The summed E-state index contributed by atoms with van der Waals surface area (Å²) in [4.78, 5) is 37.8. The molecule has 0 aromatic rings. The van der Waals surface area contributed by atoms with Gasteiger partial charge in [-0.25, -0.2) is 9.59 Å². The van der Waals surface area contributed by atoms with E-state index in [4.69, 9.17) is 0 Å². The van der Waals surface area contributed by atoms with E-state index in [0.717, 1.165) is 4.90 Å². The van der Waals surface area contributed by atoms with Gasteiger partial charge in [0, 0.05) is 18.6 Å². The summed E-state index contributed by atoms with van der Waals surface area (Å²) in [5.74, 6) is -1.49. The summed E-state index contributed by atoms with van der Waals surface area (Å²) < 4.78 is 0. The van der Waals surface area contributed by atoms with Crippen LogP contribution in [0.2, 0.25) is 0 Å². The summed E-state index contributed by atoms with van der Waals surface area (Å²) in [5, 5.41) is 11.6. The van der Waals surface area contributed by atoms with Gasteiger partial charge in [-0.1, -0.05) is 6.08 Å². The molecule has 3 amide bonds. The highest BCUT2D eigenvalue weighted by atomic mass is 16.4. The fraction of sp³-hybridized carbons (Fsp3) is 0.615. The number of rotatable bonds is 3. The third kappa shape index (κ3) is 3.49. The molecule has 0 aromatic heterocycles. The number of carbonyl (C=O) groups is 3. The highest BCUT2D eigenvalue weighted by Crippen LogP contribution is 2.18. The Hall–Kier alpha value is -2.05. The van der Waals surface area contributed by atoms with E-state index in [1.54, 1.807) is 6.08 Å². The van der Waals surface area contributed by atoms with E-state index in [1.165, 1.54) is 4.90 Å². The molecule has 1 rings (SSSR count). The number of hydrogen-bond donors (Lipinski definition) is 2. The fourth-order valence-corrected chi connectivity index (χ4v) is 1.99. The highest BCUT2D eigenvalue weighted by molar-refractivity contribution is 5.90. The monoisotopic (exact) mass is 283 g/mol. The van der Waals surface area contributed by atoms with E-state index in [2.05, 4.69) is 11.9 Å². The van der Waals surface area contributed by atoms with Crippen molar-refractivity contribution >= 4 is 17.9 Å². The van der Waals surface area contributed by atoms with Crippen LogP contribution in [0.1, 0.15) is 20.8 Å². The lowest BCUT2D eigenvalue weighted by Crippen LogP contribution is -2.63. The minimum atomic E-state index is -1.13. The standard InChI is InChI=1S/C13H21N3O4/c1-5-6-16(13(2,3)4)12(20)15-8-10(17)14-7-9(15)11(18)19/h5,9H,1,6-8H2,2-4H3,(H,14,17)(H,18,19). The molecule has 0 saturated carbocycles. The lowest BCUT2D eigenvalue weighted by molar-refractivity contribution is -0.144. The topological polar surface area (TPSA) is 90.0 Å². The molecule has 1 aliphatic rings. The zero-order valence-corrected chi connectivity index (χ0v) is 12.0. The van der Waals surface area contributed by atoms with Gasteiger partial charge in [0.1, 0.15) is 12.6 Å². The molecule has 0 bridgehead atoms. The molecule has 7 heteroatoms. The van der Waals surface area contributed by atoms with Gasteiger partial charge in [0.15, 0.2) is 0 Å². The Morgan fingerprint density at radius 3 is 2.60 bits per heavy atom. The molecule has 1 unspecified atom stereocenters. The van der Waals surface area contributed by atoms with Crippen molar-refractivity contribution in [1.29, 1.82) is 0 Å². The summed E-state index contributed by atoms with van der Waals surface area (Å²) in [7, 11) is 0. The quantitative estimate of drug-likeness (QED) is 0.728. The average molecular weight is 283 g/mol. The van der Waals surface area contributed by atoms with Crippen molar-refractivity contribution in [3.05, 3.63) is 12.7 Å². The Balaban J connectivity index is 3.03. The SMILES string of the molecule is C=CCN(C(=O)N1CC(=O)NCC1C(=O)O)C(C)(C)C. The van der Waals surface area contributed by atoms with Gasteiger partial charge in [-0.15, -0.1) is 6.58 Å². The van der Waals surface area contributed by atoms with Crippen LogP contribution in [0.25, 0.3) is 0 Å². The zero-order chi connectivity index (χ0) is 15.5. The first-order chi connectivity index (χ1) is 9.18. The summed E-state index contributed by atoms with van der Waals surface area (Å²) in [6.07, 6.45) is 1.57. The molecule has 1 fully saturated rings. The molecule has 0 aliphatic carbocycles. The van der Waals surface area contributed by atoms with Crippen molar-refractivity contribution < 1.29 is 19.5 Å². The molecular formula is C13H21N3O4. The van der Waals surface area contributed by atoms with Crippen LogP contribution in [0.5, 0.6) is 0 Å². The largest absolute Gasteiger partial charge is 0.480 e. The lowest BCUT2D eigenvalue weighted by atomic mass is 10.1. The molecular weight excluding hydrogens is 262 g/mol. The number of amides is 3. The van der Waals surface area contributed by atoms with E-state index < -0.39 is 23.6 Å². The first-order valence-electron chi connectivity index (χ1n) is 6.37. The van der Waals surface area contributed by atoms with E-state index >= 15 is 0 Å². The molecule has 0 aromatic carbocycles. The predicted molar refractivity (Wildman–Crippen MR) is 73.2 cm³/mol. The van der Waals surface area contributed by atoms with Crippen molar-refractivity contribution in [3.63, 3.8) is 0 Å². The Labute approximate surface area is 118 Å². The minimum Gasteiger partial charge on any atom is -0.480 e. The Morgan fingerprint density at radius 1 is 1.55 bits per heavy atom. The van der Waals surface area contributed by atoms with Gasteiger partial charge in [0.25, 0.3) is 0 Å². The van der Waals surface area contributed by atoms with Gasteiger partial charge in [-0.2, -0.15) is 0 Å². The number of carboxylic acids is 1. The molecule has 1 saturated heterocycles. The van der Waals surface area contributed by atoms with E-state index in [1.807, 2.05) is 20.8 Å². The van der Waals surface area contributed by atoms with Crippen LogP contribution in [0.4, 0.5) is 4.79 Å². The van der Waals surface area contributed by atoms with Gasteiger partial charge in [-0.3, -0.25) is 9.69 Å². The van der Waals surface area contributed by atoms with Crippen molar-refractivity contribution in [3.8, 4) is 0 Å². The van der Waals surface area contributed by atoms with E-state index in [0.29, 0.717) is 0 Å². The molecule has 112 valence electrons. The van der Waals surface area contributed by atoms with Crippen LogP contribution in [-0.2, 0) is 9.59 Å². The molecule has 0 spiro atoms. The average Bonchev–Trinajstić information content (AvgIpc) is 2.33. The summed E-state index contributed by atoms with van der Waals surface area (Å²) in [6, 6.07) is -1.52. The molecule has 2 N–H and O–H groups in total. The third-order valence-corrected chi connectivity index (χ3v) is 3.07. The maximum Gasteiger partial charge on any atom is 0.328 e. The summed E-state index contributed by atoms with van der Waals surface area (Å²) in [5.41, 5.74) is -0.498. The van der Waals surface area contributed by atoms with Crippen LogP contribution in [0, 0.1) is 0 Å². The van der Waals surface area contributed by atoms with Crippen LogP contribution < -0.4 is 5.32 Å². The Kier molecular flexibility index (Phi) is 4.75. The fourth-order valence-electron chi connectivity index (χ4n) is 1.99. The van der Waals surface area contributed by atoms with Gasteiger partial charge in [0.2, 0.25) is 5.91 Å². The number of nitrogens with zero attached hydrogens (tertiary/aromatic N) is 2. The molecule has 1 heterocycles. The normalized spacial score (nSPS) is 19.2. The van der Waals surface area contributed by atoms with Gasteiger partial charge in [0.05, 0.1) is 0 Å². The molecule has 20 heavy (non-hydrogen) atoms. The molecule has 1 atom stereocenters. The molecule has 7 nitrogen and oxygen atoms in total. The third-order valence-electron chi connectivity index (χ3n) is 3.07. The van der Waals surface area contributed by atoms with Crippen molar-refractivity contribution in [2.45, 2.75) is 32.4 Å². The van der Waals surface area contributed by atoms with Gasteiger partial charge < -0.3 is 15.3 Å². The van der Waals surface area contributed by atoms with Crippen molar-refractivity contribution in [1.82, 2.24) is 15.1 Å². The van der Waals surface area contributed by atoms with Crippen LogP contribution in [0.3, 0.4) is 0 Å². The number of carboxylic acid groups (broad SMARTS) is 1. The van der Waals surface area contributed by atoms with E-state index in [-0.39, 0.29) is 25.5 Å². The maximum absolute atomic E-state index is 12.6. The summed E-state index contributed by atoms with van der Waals surface area (Å²) >= 11 is 0. The van der Waals surface area contributed by atoms with Crippen LogP contribution in [-0.4, -0.2) is 64.0 Å². The smallest absolute Gasteiger partial charge is 0.328 e. The molecule has 1 aliphatic heterocycles. The van der Waals surface area contributed by atoms with Gasteiger partial charge >= 0.3 is 12.0 Å². The number of aliphatic carboxylic acids is 1. The first kappa shape index (κ1) is 16.0. The second-order valence-electron chi connectivity index (χ2n) is 5.64. The second kappa shape index (κ2) is 5.94. The number of hydrogen-bond acceptors (Lipinski definition) is 3. The maximum atomic E-state index is 12.6. The summed E-state index contributed by atoms with van der Waals surface area (Å²) in [6.45, 7) is 9.08. The van der Waals surface area contributed by atoms with Crippen molar-refractivity contribution in [2.75, 3.05) is 19.6 Å². The Morgan fingerprint density at radius 2 is 2.15 bits per heavy atom. The van der Waals surface area contributed by atoms with Crippen LogP contribution in [0.15, 0.2) is 12.7 Å². The van der Waals surface area contributed by atoms with Crippen LogP contribution >= 0.6 is 0 Å². The van der Waals surface area contributed by atoms with Gasteiger partial charge in [-0.05, 0) is 20.8 Å². The Bertz CT molecular complexity index is 428. The van der Waals surface area contributed by atoms with Crippen molar-refractivity contribution in [2.24, 2.45) is 0 Å². The zero-order valence-electron chi connectivity index (χ0n) is 12.0.